The Morgan fingerprint density at radius 3 is 2.43 bits per heavy atom. The number of carbonyl (C=O) groups is 1. The molecule has 0 aromatic heterocycles. The van der Waals surface area contributed by atoms with Crippen molar-refractivity contribution < 1.29 is 14.6 Å². The monoisotopic (exact) mass is 289 g/mol. The number of nitrogens with zero attached hydrogens (tertiary/aromatic N) is 1. The topological polar surface area (TPSA) is 49.8 Å². The summed E-state index contributed by atoms with van der Waals surface area (Å²) in [5.41, 5.74) is 1.11. The summed E-state index contributed by atoms with van der Waals surface area (Å²) in [4.78, 5) is 14.0. The molecule has 2 fully saturated rings. The van der Waals surface area contributed by atoms with Crippen LogP contribution in [0.3, 0.4) is 0 Å². The van der Waals surface area contributed by atoms with E-state index in [1.165, 1.54) is 25.7 Å². The van der Waals surface area contributed by atoms with Crippen LogP contribution in [0.4, 0.5) is 0 Å². The highest BCUT2D eigenvalue weighted by molar-refractivity contribution is 5.72. The fourth-order valence-corrected chi connectivity index (χ4v) is 3.84. The Hall–Kier alpha value is -1.55. The number of rotatable bonds is 4. The Morgan fingerprint density at radius 2 is 1.86 bits per heavy atom. The number of ether oxygens (including phenoxy) is 1. The van der Waals surface area contributed by atoms with Gasteiger partial charge in [-0.2, -0.15) is 0 Å². The highest BCUT2D eigenvalue weighted by Crippen LogP contribution is 2.37. The summed E-state index contributed by atoms with van der Waals surface area (Å²) in [6.45, 7) is 1.56. The fraction of sp³-hybridized carbons (Fsp3) is 0.588. The van der Waals surface area contributed by atoms with Gasteiger partial charge in [0.1, 0.15) is 5.75 Å². The largest absolute Gasteiger partial charge is 0.497 e. The normalized spacial score (nSPS) is 27.1. The lowest BCUT2D eigenvalue weighted by molar-refractivity contribution is -0.141. The number of carboxylic acid groups (broad SMARTS) is 1. The molecular weight excluding hydrogens is 266 g/mol. The van der Waals surface area contributed by atoms with Gasteiger partial charge in [-0.3, -0.25) is 9.69 Å². The third kappa shape index (κ3) is 2.91. The van der Waals surface area contributed by atoms with Crippen molar-refractivity contribution in [2.45, 2.75) is 37.6 Å². The van der Waals surface area contributed by atoms with E-state index < -0.39 is 5.97 Å². The second kappa shape index (κ2) is 6.06. The molecule has 1 saturated heterocycles. The molecule has 0 radical (unpaired) electrons. The number of benzene rings is 1. The van der Waals surface area contributed by atoms with Crippen molar-refractivity contribution in [3.8, 4) is 5.75 Å². The second-order valence-electron chi connectivity index (χ2n) is 6.22. The number of methoxy groups -OCH3 is 1. The van der Waals surface area contributed by atoms with Gasteiger partial charge in [0, 0.05) is 25.0 Å². The zero-order valence-electron chi connectivity index (χ0n) is 12.5. The maximum atomic E-state index is 11.6. The van der Waals surface area contributed by atoms with Crippen LogP contribution in [0.5, 0.6) is 5.75 Å². The standard InChI is InChI=1S/C17H23NO3/c1-21-14-8-6-12(7-9-14)15-10-18(11-16(15)17(19)20)13-4-2-3-5-13/h6-9,13,15-16H,2-5,10-11H2,1H3,(H,19,20)/t15-,16?/m0/s1. The van der Waals surface area contributed by atoms with Crippen molar-refractivity contribution in [3.63, 3.8) is 0 Å². The summed E-state index contributed by atoms with van der Waals surface area (Å²) in [7, 11) is 1.65. The highest BCUT2D eigenvalue weighted by atomic mass is 16.5. The highest BCUT2D eigenvalue weighted by Gasteiger charge is 2.41. The van der Waals surface area contributed by atoms with Crippen LogP contribution >= 0.6 is 0 Å². The van der Waals surface area contributed by atoms with E-state index in [-0.39, 0.29) is 11.8 Å². The van der Waals surface area contributed by atoms with Crippen LogP contribution in [0.1, 0.15) is 37.2 Å². The lowest BCUT2D eigenvalue weighted by Gasteiger charge is -2.23. The third-order valence-corrected chi connectivity index (χ3v) is 5.05. The van der Waals surface area contributed by atoms with Crippen LogP contribution in [-0.2, 0) is 4.79 Å². The van der Waals surface area contributed by atoms with Gasteiger partial charge in [-0.05, 0) is 30.5 Å². The van der Waals surface area contributed by atoms with Crippen LogP contribution in [-0.4, -0.2) is 42.2 Å². The minimum atomic E-state index is -0.670. The molecule has 0 amide bonds. The summed E-state index contributed by atoms with van der Waals surface area (Å²) in [5.74, 6) is -0.0550. The van der Waals surface area contributed by atoms with Crippen molar-refractivity contribution in [2.75, 3.05) is 20.2 Å². The molecule has 1 heterocycles. The lowest BCUT2D eigenvalue weighted by atomic mass is 9.89. The average Bonchev–Trinajstić information content (AvgIpc) is 3.16. The molecule has 1 aliphatic heterocycles. The SMILES string of the molecule is COc1ccc([C@@H]2CN(C3CCCC3)CC2C(=O)O)cc1. The van der Waals surface area contributed by atoms with Crippen molar-refractivity contribution in [1.29, 1.82) is 0 Å². The van der Waals surface area contributed by atoms with E-state index in [1.807, 2.05) is 24.3 Å². The van der Waals surface area contributed by atoms with Crippen molar-refractivity contribution in [3.05, 3.63) is 29.8 Å². The molecule has 1 aromatic rings. The van der Waals surface area contributed by atoms with Crippen molar-refractivity contribution in [2.24, 2.45) is 5.92 Å². The maximum absolute atomic E-state index is 11.6. The zero-order valence-corrected chi connectivity index (χ0v) is 12.5. The number of hydrogen-bond donors (Lipinski definition) is 1. The summed E-state index contributed by atoms with van der Waals surface area (Å²) < 4.78 is 5.18. The first-order valence-corrected chi connectivity index (χ1v) is 7.80. The fourth-order valence-electron chi connectivity index (χ4n) is 3.84. The van der Waals surface area contributed by atoms with Gasteiger partial charge >= 0.3 is 5.97 Å². The molecule has 1 N–H and O–H groups in total. The van der Waals surface area contributed by atoms with Gasteiger partial charge in [0.2, 0.25) is 0 Å². The van der Waals surface area contributed by atoms with E-state index >= 15 is 0 Å². The number of aliphatic carboxylic acids is 1. The number of hydrogen-bond acceptors (Lipinski definition) is 3. The summed E-state index contributed by atoms with van der Waals surface area (Å²) in [6.07, 6.45) is 5.02. The summed E-state index contributed by atoms with van der Waals surface area (Å²) >= 11 is 0. The van der Waals surface area contributed by atoms with Gasteiger partial charge in [-0.15, -0.1) is 0 Å². The minimum Gasteiger partial charge on any atom is -0.497 e. The van der Waals surface area contributed by atoms with Crippen LogP contribution in [0.15, 0.2) is 24.3 Å². The molecule has 2 atom stereocenters. The van der Waals surface area contributed by atoms with E-state index in [1.54, 1.807) is 7.11 Å². The van der Waals surface area contributed by atoms with Crippen LogP contribution in [0.2, 0.25) is 0 Å². The maximum Gasteiger partial charge on any atom is 0.308 e. The van der Waals surface area contributed by atoms with E-state index in [0.717, 1.165) is 17.9 Å². The summed E-state index contributed by atoms with van der Waals surface area (Å²) in [5, 5.41) is 9.55. The van der Waals surface area contributed by atoms with Crippen molar-refractivity contribution >= 4 is 5.97 Å². The first kappa shape index (κ1) is 14.4. The Balaban J connectivity index is 1.78. The second-order valence-corrected chi connectivity index (χ2v) is 6.22. The molecule has 2 aliphatic rings. The quantitative estimate of drug-likeness (QED) is 0.926. The van der Waals surface area contributed by atoms with Gasteiger partial charge in [-0.25, -0.2) is 0 Å². The van der Waals surface area contributed by atoms with Gasteiger partial charge in [-0.1, -0.05) is 25.0 Å². The first-order chi connectivity index (χ1) is 10.2. The van der Waals surface area contributed by atoms with E-state index in [4.69, 9.17) is 4.74 Å². The zero-order chi connectivity index (χ0) is 14.8. The molecule has 4 heteroatoms. The van der Waals surface area contributed by atoms with Gasteiger partial charge in [0.25, 0.3) is 0 Å². The van der Waals surface area contributed by atoms with Crippen LogP contribution in [0.25, 0.3) is 0 Å². The molecule has 1 unspecified atom stereocenters. The van der Waals surface area contributed by atoms with Gasteiger partial charge in [0.15, 0.2) is 0 Å². The molecule has 0 spiro atoms. The van der Waals surface area contributed by atoms with Crippen molar-refractivity contribution in [1.82, 2.24) is 4.90 Å². The molecule has 114 valence electrons. The molecule has 3 rings (SSSR count). The number of carboxylic acids is 1. The smallest absolute Gasteiger partial charge is 0.308 e. The molecule has 1 aliphatic carbocycles. The van der Waals surface area contributed by atoms with E-state index in [0.29, 0.717) is 12.6 Å². The van der Waals surface area contributed by atoms with Gasteiger partial charge < -0.3 is 9.84 Å². The van der Waals surface area contributed by atoms with Gasteiger partial charge in [0.05, 0.1) is 13.0 Å². The first-order valence-electron chi connectivity index (χ1n) is 7.80. The predicted octanol–water partition coefficient (Wildman–Crippen LogP) is 2.74. The summed E-state index contributed by atoms with van der Waals surface area (Å²) in [6, 6.07) is 8.46. The molecular formula is C17H23NO3. The molecule has 21 heavy (non-hydrogen) atoms. The Kier molecular flexibility index (Phi) is 4.15. The molecule has 0 bridgehead atoms. The Morgan fingerprint density at radius 1 is 1.19 bits per heavy atom. The lowest BCUT2D eigenvalue weighted by Crippen LogP contribution is -2.31. The molecule has 1 saturated carbocycles. The third-order valence-electron chi connectivity index (χ3n) is 5.05. The molecule has 1 aromatic carbocycles. The van der Waals surface area contributed by atoms with Crippen LogP contribution in [0, 0.1) is 5.92 Å². The molecule has 4 nitrogen and oxygen atoms in total. The predicted molar refractivity (Wildman–Crippen MR) is 80.7 cm³/mol. The Labute approximate surface area is 125 Å². The minimum absolute atomic E-state index is 0.0917. The average molecular weight is 289 g/mol. The van der Waals surface area contributed by atoms with E-state index in [2.05, 4.69) is 4.90 Å². The number of likely N-dealkylation sites (tertiary alicyclic amines) is 1. The van der Waals surface area contributed by atoms with Crippen LogP contribution < -0.4 is 4.74 Å². The van der Waals surface area contributed by atoms with E-state index in [9.17, 15) is 9.90 Å². The Bertz CT molecular complexity index is 493.